The summed E-state index contributed by atoms with van der Waals surface area (Å²) >= 11 is 0. The Hall–Kier alpha value is -1.38. The average Bonchev–Trinajstić information content (AvgIpc) is 2.38. The molecule has 0 atom stereocenters. The van der Waals surface area contributed by atoms with Crippen molar-refractivity contribution in [3.05, 3.63) is 18.2 Å². The van der Waals surface area contributed by atoms with Gasteiger partial charge in [-0.05, 0) is 36.8 Å². The summed E-state index contributed by atoms with van der Waals surface area (Å²) < 4.78 is 5.19. The number of nitrogen functional groups attached to an aromatic ring is 1. The number of nitrogens with zero attached hydrogens (tertiary/aromatic N) is 1. The van der Waals surface area contributed by atoms with E-state index in [-0.39, 0.29) is 0 Å². The summed E-state index contributed by atoms with van der Waals surface area (Å²) in [6, 6.07) is 5.97. The predicted octanol–water partition coefficient (Wildman–Crippen LogP) is 3.15. The first-order valence-electron chi connectivity index (χ1n) is 6.80. The van der Waals surface area contributed by atoms with E-state index >= 15 is 0 Å². The normalized spacial score (nSPS) is 17.2. The fourth-order valence-corrected chi connectivity index (χ4v) is 2.75. The molecule has 0 radical (unpaired) electrons. The minimum atomic E-state index is 0.792. The van der Waals surface area contributed by atoms with Crippen molar-refractivity contribution in [3.63, 3.8) is 0 Å². The third-order valence-electron chi connectivity index (χ3n) is 4.06. The molecule has 1 heterocycles. The van der Waals surface area contributed by atoms with E-state index in [4.69, 9.17) is 10.5 Å². The quantitative estimate of drug-likeness (QED) is 0.835. The lowest BCUT2D eigenvalue weighted by atomic mass is 9.86. The standard InChI is InChI=1S/C15H24N2O/c1-11(2)12-6-8-17(9-7-12)15-5-4-13(18-3)10-14(15)16/h4-5,10-12H,6-9,16H2,1-3H3. The van der Waals surface area contributed by atoms with Gasteiger partial charge in [-0.15, -0.1) is 0 Å². The zero-order valence-electron chi connectivity index (χ0n) is 11.6. The number of ether oxygens (including phenoxy) is 1. The van der Waals surface area contributed by atoms with Crippen LogP contribution in [0.15, 0.2) is 18.2 Å². The Morgan fingerprint density at radius 3 is 2.44 bits per heavy atom. The number of piperidine rings is 1. The number of rotatable bonds is 3. The highest BCUT2D eigenvalue weighted by Gasteiger charge is 2.22. The van der Waals surface area contributed by atoms with Gasteiger partial charge in [0.05, 0.1) is 18.5 Å². The van der Waals surface area contributed by atoms with Crippen molar-refractivity contribution in [2.75, 3.05) is 30.8 Å². The van der Waals surface area contributed by atoms with E-state index in [1.165, 1.54) is 12.8 Å². The van der Waals surface area contributed by atoms with Crippen molar-refractivity contribution in [1.29, 1.82) is 0 Å². The van der Waals surface area contributed by atoms with Crippen LogP contribution in [-0.2, 0) is 0 Å². The molecule has 1 aliphatic rings. The van der Waals surface area contributed by atoms with Gasteiger partial charge < -0.3 is 15.4 Å². The molecule has 0 aromatic heterocycles. The highest BCUT2D eigenvalue weighted by molar-refractivity contribution is 5.69. The van der Waals surface area contributed by atoms with E-state index in [1.54, 1.807) is 7.11 Å². The van der Waals surface area contributed by atoms with Gasteiger partial charge in [0, 0.05) is 19.2 Å². The van der Waals surface area contributed by atoms with Crippen LogP contribution in [0.4, 0.5) is 11.4 Å². The number of hydrogen-bond donors (Lipinski definition) is 1. The largest absolute Gasteiger partial charge is 0.497 e. The first-order chi connectivity index (χ1) is 8.61. The van der Waals surface area contributed by atoms with Gasteiger partial charge in [0.1, 0.15) is 5.75 Å². The van der Waals surface area contributed by atoms with Gasteiger partial charge >= 0.3 is 0 Å². The van der Waals surface area contributed by atoms with Crippen LogP contribution in [0.25, 0.3) is 0 Å². The number of nitrogens with two attached hydrogens (primary N) is 1. The zero-order chi connectivity index (χ0) is 13.1. The van der Waals surface area contributed by atoms with Crippen LogP contribution in [0.1, 0.15) is 26.7 Å². The van der Waals surface area contributed by atoms with E-state index in [2.05, 4.69) is 24.8 Å². The molecule has 1 saturated heterocycles. The van der Waals surface area contributed by atoms with Gasteiger partial charge in [0.15, 0.2) is 0 Å². The molecule has 3 heteroatoms. The number of benzene rings is 1. The minimum Gasteiger partial charge on any atom is -0.497 e. The lowest BCUT2D eigenvalue weighted by molar-refractivity contribution is 0.311. The van der Waals surface area contributed by atoms with Crippen molar-refractivity contribution in [2.24, 2.45) is 11.8 Å². The molecule has 1 aromatic rings. The summed E-state index contributed by atoms with van der Waals surface area (Å²) in [6.45, 7) is 6.86. The molecule has 3 nitrogen and oxygen atoms in total. The fourth-order valence-electron chi connectivity index (χ4n) is 2.75. The summed E-state index contributed by atoms with van der Waals surface area (Å²) in [7, 11) is 1.67. The molecule has 0 bridgehead atoms. The Labute approximate surface area is 110 Å². The first-order valence-corrected chi connectivity index (χ1v) is 6.80. The number of methoxy groups -OCH3 is 1. The Morgan fingerprint density at radius 1 is 1.28 bits per heavy atom. The van der Waals surface area contributed by atoms with Crippen LogP contribution in [0.2, 0.25) is 0 Å². The summed E-state index contributed by atoms with van der Waals surface area (Å²) in [5, 5.41) is 0. The second-order valence-electron chi connectivity index (χ2n) is 5.49. The van der Waals surface area contributed by atoms with Crippen LogP contribution >= 0.6 is 0 Å². The predicted molar refractivity (Wildman–Crippen MR) is 77.2 cm³/mol. The van der Waals surface area contributed by atoms with Gasteiger partial charge in [-0.3, -0.25) is 0 Å². The second-order valence-corrected chi connectivity index (χ2v) is 5.49. The van der Waals surface area contributed by atoms with Crippen LogP contribution in [0.3, 0.4) is 0 Å². The van der Waals surface area contributed by atoms with E-state index in [9.17, 15) is 0 Å². The highest BCUT2D eigenvalue weighted by Crippen LogP contribution is 2.32. The smallest absolute Gasteiger partial charge is 0.121 e. The van der Waals surface area contributed by atoms with Crippen LogP contribution in [-0.4, -0.2) is 20.2 Å². The number of hydrogen-bond acceptors (Lipinski definition) is 3. The molecule has 0 spiro atoms. The van der Waals surface area contributed by atoms with E-state index in [1.807, 2.05) is 12.1 Å². The van der Waals surface area contributed by atoms with Crippen molar-refractivity contribution in [3.8, 4) is 5.75 Å². The average molecular weight is 248 g/mol. The fraction of sp³-hybridized carbons (Fsp3) is 0.600. The molecular weight excluding hydrogens is 224 g/mol. The Balaban J connectivity index is 2.05. The maximum absolute atomic E-state index is 6.10. The van der Waals surface area contributed by atoms with Gasteiger partial charge in [0.25, 0.3) is 0 Å². The molecule has 0 amide bonds. The van der Waals surface area contributed by atoms with Gasteiger partial charge in [-0.25, -0.2) is 0 Å². The lowest BCUT2D eigenvalue weighted by Crippen LogP contribution is -2.35. The Morgan fingerprint density at radius 2 is 1.94 bits per heavy atom. The molecule has 1 aliphatic heterocycles. The molecule has 0 unspecified atom stereocenters. The van der Waals surface area contributed by atoms with E-state index < -0.39 is 0 Å². The van der Waals surface area contributed by atoms with Crippen LogP contribution in [0, 0.1) is 11.8 Å². The minimum absolute atomic E-state index is 0.792. The summed E-state index contributed by atoms with van der Waals surface area (Å²) in [6.07, 6.45) is 2.53. The van der Waals surface area contributed by atoms with Gasteiger partial charge in [-0.1, -0.05) is 13.8 Å². The molecule has 0 saturated carbocycles. The van der Waals surface area contributed by atoms with E-state index in [0.29, 0.717) is 0 Å². The van der Waals surface area contributed by atoms with Crippen molar-refractivity contribution < 1.29 is 4.74 Å². The Bertz CT molecular complexity index is 395. The molecule has 2 rings (SSSR count). The lowest BCUT2D eigenvalue weighted by Gasteiger charge is -2.36. The van der Waals surface area contributed by atoms with Crippen LogP contribution in [0.5, 0.6) is 5.75 Å². The Kier molecular flexibility index (Phi) is 4.00. The first kappa shape index (κ1) is 13.1. The van der Waals surface area contributed by atoms with E-state index in [0.717, 1.165) is 42.0 Å². The van der Waals surface area contributed by atoms with Crippen molar-refractivity contribution in [2.45, 2.75) is 26.7 Å². The third-order valence-corrected chi connectivity index (χ3v) is 4.06. The van der Waals surface area contributed by atoms with Gasteiger partial charge in [0.2, 0.25) is 0 Å². The highest BCUT2D eigenvalue weighted by atomic mass is 16.5. The molecular formula is C15H24N2O. The number of anilines is 2. The monoisotopic (exact) mass is 248 g/mol. The molecule has 2 N–H and O–H groups in total. The summed E-state index contributed by atoms with van der Waals surface area (Å²) in [5.74, 6) is 2.48. The van der Waals surface area contributed by atoms with Crippen molar-refractivity contribution >= 4 is 11.4 Å². The molecule has 0 aliphatic carbocycles. The maximum Gasteiger partial charge on any atom is 0.121 e. The SMILES string of the molecule is COc1ccc(N2CCC(C(C)C)CC2)c(N)c1. The van der Waals surface area contributed by atoms with Crippen LogP contribution < -0.4 is 15.4 Å². The topological polar surface area (TPSA) is 38.5 Å². The summed E-state index contributed by atoms with van der Waals surface area (Å²) in [4.78, 5) is 2.40. The maximum atomic E-state index is 6.10. The second kappa shape index (κ2) is 5.51. The molecule has 100 valence electrons. The molecule has 1 aromatic carbocycles. The molecule has 1 fully saturated rings. The zero-order valence-corrected chi connectivity index (χ0v) is 11.6. The van der Waals surface area contributed by atoms with Gasteiger partial charge in [-0.2, -0.15) is 0 Å². The third kappa shape index (κ3) is 2.71. The molecule has 18 heavy (non-hydrogen) atoms. The summed E-state index contributed by atoms with van der Waals surface area (Å²) in [5.41, 5.74) is 8.07. The van der Waals surface area contributed by atoms with Crippen molar-refractivity contribution in [1.82, 2.24) is 0 Å².